The van der Waals surface area contributed by atoms with Crippen molar-refractivity contribution in [2.24, 2.45) is 5.16 Å². The number of aromatic nitrogens is 1. The van der Waals surface area contributed by atoms with E-state index in [0.29, 0.717) is 18.1 Å². The maximum Gasteiger partial charge on any atom is 0.140 e. The Morgan fingerprint density at radius 2 is 2.29 bits per heavy atom. The molecule has 2 aromatic rings. The van der Waals surface area contributed by atoms with Crippen molar-refractivity contribution in [1.82, 2.24) is 4.98 Å². The summed E-state index contributed by atoms with van der Waals surface area (Å²) >= 11 is 1.55. The monoisotopic (exact) mass is 248 g/mol. The Bertz CT molecular complexity index is 509. The van der Waals surface area contributed by atoms with Gasteiger partial charge in [0.2, 0.25) is 0 Å². The lowest BCUT2D eigenvalue weighted by atomic mass is 10.1. The number of nitrogens with zero attached hydrogens (tertiary/aromatic N) is 2. The van der Waals surface area contributed by atoms with E-state index in [2.05, 4.69) is 10.1 Å². The van der Waals surface area contributed by atoms with Crippen molar-refractivity contribution in [3.8, 4) is 5.75 Å². The first-order chi connectivity index (χ1) is 8.31. The van der Waals surface area contributed by atoms with Crippen LogP contribution in [0.3, 0.4) is 0 Å². The summed E-state index contributed by atoms with van der Waals surface area (Å²) in [5, 5.41) is 14.8. The quantitative estimate of drug-likeness (QED) is 0.514. The minimum atomic E-state index is 0.424. The molecule has 1 heterocycles. The van der Waals surface area contributed by atoms with E-state index < -0.39 is 0 Å². The molecule has 1 N–H and O–H groups in total. The number of rotatable bonds is 4. The van der Waals surface area contributed by atoms with Gasteiger partial charge in [-0.3, -0.25) is 0 Å². The highest BCUT2D eigenvalue weighted by Gasteiger charge is 2.07. The van der Waals surface area contributed by atoms with E-state index in [1.165, 1.54) is 0 Å². The zero-order valence-corrected chi connectivity index (χ0v) is 10.1. The van der Waals surface area contributed by atoms with Crippen LogP contribution in [-0.2, 0) is 6.61 Å². The van der Waals surface area contributed by atoms with Gasteiger partial charge in [0.15, 0.2) is 0 Å². The minimum Gasteiger partial charge on any atom is -0.486 e. The fraction of sp³-hybridized carbons (Fsp3) is 0.167. The van der Waals surface area contributed by atoms with Crippen LogP contribution < -0.4 is 4.74 Å². The summed E-state index contributed by atoms with van der Waals surface area (Å²) < 4.78 is 5.66. The fourth-order valence-electron chi connectivity index (χ4n) is 1.41. The summed E-state index contributed by atoms with van der Waals surface area (Å²) in [5.41, 5.74) is 1.31. The average molecular weight is 248 g/mol. The van der Waals surface area contributed by atoms with E-state index in [9.17, 15) is 0 Å². The van der Waals surface area contributed by atoms with Crippen molar-refractivity contribution in [3.05, 3.63) is 46.4 Å². The van der Waals surface area contributed by atoms with Crippen LogP contribution in [0.4, 0.5) is 0 Å². The molecule has 5 heteroatoms. The molecule has 4 nitrogen and oxygen atoms in total. The summed E-state index contributed by atoms with van der Waals surface area (Å²) in [6, 6.07) is 7.45. The summed E-state index contributed by atoms with van der Waals surface area (Å²) in [6.45, 7) is 2.15. The lowest BCUT2D eigenvalue weighted by Gasteiger charge is -2.09. The number of ether oxygens (including phenoxy) is 1. The first-order valence-electron chi connectivity index (χ1n) is 5.10. The predicted molar refractivity (Wildman–Crippen MR) is 66.9 cm³/mol. The number of benzene rings is 1. The van der Waals surface area contributed by atoms with Crippen molar-refractivity contribution < 1.29 is 9.94 Å². The molecule has 0 saturated heterocycles. The molecule has 88 valence electrons. The number of oxime groups is 1. The molecule has 0 fully saturated rings. The number of para-hydroxylation sites is 1. The summed E-state index contributed by atoms with van der Waals surface area (Å²) in [6.07, 6.45) is 1.75. The largest absolute Gasteiger partial charge is 0.486 e. The third-order valence-electron chi connectivity index (χ3n) is 2.26. The molecule has 0 radical (unpaired) electrons. The van der Waals surface area contributed by atoms with Gasteiger partial charge in [-0.15, -0.1) is 11.3 Å². The Morgan fingerprint density at radius 1 is 1.47 bits per heavy atom. The number of hydrogen-bond donors (Lipinski definition) is 1. The van der Waals surface area contributed by atoms with Crippen LogP contribution in [-0.4, -0.2) is 15.9 Å². The molecule has 2 rings (SSSR count). The summed E-state index contributed by atoms with van der Waals surface area (Å²) in [4.78, 5) is 4.14. The second-order valence-corrected chi connectivity index (χ2v) is 4.38. The predicted octanol–water partition coefficient (Wildman–Crippen LogP) is 2.92. The van der Waals surface area contributed by atoms with Crippen LogP contribution >= 0.6 is 11.3 Å². The average Bonchev–Trinajstić information content (AvgIpc) is 2.89. The molecule has 0 bridgehead atoms. The van der Waals surface area contributed by atoms with Crippen LogP contribution in [0.1, 0.15) is 17.5 Å². The number of thiazole rings is 1. The van der Waals surface area contributed by atoms with E-state index >= 15 is 0 Å². The highest BCUT2D eigenvalue weighted by Crippen LogP contribution is 2.20. The second-order valence-electron chi connectivity index (χ2n) is 3.40. The van der Waals surface area contributed by atoms with E-state index in [1.807, 2.05) is 29.6 Å². The highest BCUT2D eigenvalue weighted by molar-refractivity contribution is 7.09. The number of hydrogen-bond acceptors (Lipinski definition) is 5. The van der Waals surface area contributed by atoms with Gasteiger partial charge in [0.25, 0.3) is 0 Å². The molecule has 1 aromatic heterocycles. The van der Waals surface area contributed by atoms with Crippen LogP contribution in [0.15, 0.2) is 41.0 Å². The van der Waals surface area contributed by atoms with Gasteiger partial charge in [0, 0.05) is 17.1 Å². The minimum absolute atomic E-state index is 0.424. The van der Waals surface area contributed by atoms with Gasteiger partial charge in [-0.25, -0.2) is 4.98 Å². The third-order valence-corrected chi connectivity index (χ3v) is 3.01. The Kier molecular flexibility index (Phi) is 3.72. The molecule has 0 aliphatic carbocycles. The smallest absolute Gasteiger partial charge is 0.140 e. The molecule has 0 spiro atoms. The molecule has 0 atom stereocenters. The molecule has 0 aliphatic heterocycles. The van der Waals surface area contributed by atoms with Gasteiger partial charge in [0.05, 0.1) is 5.71 Å². The first-order valence-corrected chi connectivity index (χ1v) is 5.98. The maximum atomic E-state index is 8.79. The normalized spacial score (nSPS) is 11.5. The molecule has 1 aromatic carbocycles. The fourth-order valence-corrected chi connectivity index (χ4v) is 1.94. The highest BCUT2D eigenvalue weighted by atomic mass is 32.1. The van der Waals surface area contributed by atoms with Crippen molar-refractivity contribution in [2.45, 2.75) is 13.5 Å². The van der Waals surface area contributed by atoms with Gasteiger partial charge < -0.3 is 9.94 Å². The zero-order chi connectivity index (χ0) is 12.1. The summed E-state index contributed by atoms with van der Waals surface area (Å²) in [5.74, 6) is 0.693. The van der Waals surface area contributed by atoms with Gasteiger partial charge in [-0.05, 0) is 19.1 Å². The lowest BCUT2D eigenvalue weighted by Crippen LogP contribution is -2.02. The zero-order valence-electron chi connectivity index (χ0n) is 9.33. The Labute approximate surface area is 103 Å². The van der Waals surface area contributed by atoms with Crippen LogP contribution in [0.2, 0.25) is 0 Å². The molecular weight excluding hydrogens is 236 g/mol. The SMILES string of the molecule is CC(=NO)c1ccccc1OCc1nccs1. The van der Waals surface area contributed by atoms with E-state index in [0.717, 1.165) is 10.6 Å². The van der Waals surface area contributed by atoms with Gasteiger partial charge in [0.1, 0.15) is 17.4 Å². The van der Waals surface area contributed by atoms with Crippen molar-refractivity contribution in [2.75, 3.05) is 0 Å². The van der Waals surface area contributed by atoms with Gasteiger partial charge in [-0.1, -0.05) is 17.3 Å². The topological polar surface area (TPSA) is 54.7 Å². The third kappa shape index (κ3) is 2.82. The van der Waals surface area contributed by atoms with E-state index in [-0.39, 0.29) is 0 Å². The van der Waals surface area contributed by atoms with Crippen LogP contribution in [0, 0.1) is 0 Å². The van der Waals surface area contributed by atoms with E-state index in [4.69, 9.17) is 9.94 Å². The van der Waals surface area contributed by atoms with Crippen LogP contribution in [0.5, 0.6) is 5.75 Å². The lowest BCUT2D eigenvalue weighted by molar-refractivity contribution is 0.303. The maximum absolute atomic E-state index is 8.79. The summed E-state index contributed by atoms with van der Waals surface area (Å²) in [7, 11) is 0. The molecule has 0 unspecified atom stereocenters. The van der Waals surface area contributed by atoms with Gasteiger partial charge in [-0.2, -0.15) is 0 Å². The van der Waals surface area contributed by atoms with Crippen molar-refractivity contribution in [1.29, 1.82) is 0 Å². The van der Waals surface area contributed by atoms with Gasteiger partial charge >= 0.3 is 0 Å². The Hall–Kier alpha value is -1.88. The standard InChI is InChI=1S/C12H12N2O2S/c1-9(14-15)10-4-2-3-5-11(10)16-8-12-13-6-7-17-12/h2-7,15H,8H2,1H3. The van der Waals surface area contributed by atoms with Crippen molar-refractivity contribution >= 4 is 17.0 Å². The molecular formula is C12H12N2O2S. The second kappa shape index (κ2) is 5.45. The molecule has 17 heavy (non-hydrogen) atoms. The molecule has 0 aliphatic rings. The molecule has 0 amide bonds. The Balaban J connectivity index is 2.15. The van der Waals surface area contributed by atoms with Crippen LogP contribution in [0.25, 0.3) is 0 Å². The van der Waals surface area contributed by atoms with E-state index in [1.54, 1.807) is 24.5 Å². The van der Waals surface area contributed by atoms with Crippen molar-refractivity contribution in [3.63, 3.8) is 0 Å². The first kappa shape index (κ1) is 11.6. The Morgan fingerprint density at radius 3 is 3.00 bits per heavy atom. The molecule has 0 saturated carbocycles.